The Morgan fingerprint density at radius 1 is 1.26 bits per heavy atom. The molecule has 1 N–H and O–H groups in total. The molecule has 0 aliphatic carbocycles. The van der Waals surface area contributed by atoms with Gasteiger partial charge in [0.25, 0.3) is 0 Å². The third-order valence-corrected chi connectivity index (χ3v) is 4.63. The van der Waals surface area contributed by atoms with Crippen molar-refractivity contribution in [3.05, 3.63) is 57.0 Å². The molecule has 0 radical (unpaired) electrons. The van der Waals surface area contributed by atoms with Crippen molar-refractivity contribution >= 4 is 11.3 Å². The van der Waals surface area contributed by atoms with Crippen molar-refractivity contribution in [2.24, 2.45) is 0 Å². The van der Waals surface area contributed by atoms with E-state index in [-0.39, 0.29) is 11.9 Å². The molecule has 1 unspecified atom stereocenters. The quantitative estimate of drug-likeness (QED) is 0.854. The molecule has 0 amide bonds. The summed E-state index contributed by atoms with van der Waals surface area (Å²) in [5, 5.41) is 3.46. The second-order valence-electron chi connectivity index (χ2n) is 4.79. The highest BCUT2D eigenvalue weighted by molar-refractivity contribution is 7.12. The maximum Gasteiger partial charge on any atom is 0.126 e. The summed E-state index contributed by atoms with van der Waals surface area (Å²) in [4.78, 5) is 2.63. The van der Waals surface area contributed by atoms with Gasteiger partial charge >= 0.3 is 0 Å². The SMILES string of the molecule is CCNC(Cc1ccccc1F)c1cc(C)c(C)s1. The molecule has 1 nitrogen and oxygen atoms in total. The molecule has 3 heteroatoms. The molecule has 0 spiro atoms. The molecule has 1 heterocycles. The van der Waals surface area contributed by atoms with Gasteiger partial charge < -0.3 is 5.32 Å². The molecule has 0 fully saturated rings. The van der Waals surface area contributed by atoms with Crippen LogP contribution in [0.3, 0.4) is 0 Å². The van der Waals surface area contributed by atoms with Gasteiger partial charge in [0.15, 0.2) is 0 Å². The van der Waals surface area contributed by atoms with Crippen LogP contribution >= 0.6 is 11.3 Å². The summed E-state index contributed by atoms with van der Waals surface area (Å²) in [5.74, 6) is -0.115. The minimum Gasteiger partial charge on any atom is -0.309 e. The molecule has 1 aromatic heterocycles. The van der Waals surface area contributed by atoms with Crippen molar-refractivity contribution < 1.29 is 4.39 Å². The molecule has 1 atom stereocenters. The lowest BCUT2D eigenvalue weighted by Crippen LogP contribution is -2.22. The Kier molecular flexibility index (Phi) is 4.72. The highest BCUT2D eigenvalue weighted by Crippen LogP contribution is 2.29. The summed E-state index contributed by atoms with van der Waals surface area (Å²) in [5.41, 5.74) is 2.09. The Hall–Kier alpha value is -1.19. The summed E-state index contributed by atoms with van der Waals surface area (Å²) in [6, 6.07) is 9.44. The van der Waals surface area contributed by atoms with Crippen LogP contribution in [0, 0.1) is 19.7 Å². The smallest absolute Gasteiger partial charge is 0.126 e. The monoisotopic (exact) mass is 277 g/mol. The fraction of sp³-hybridized carbons (Fsp3) is 0.375. The highest BCUT2D eigenvalue weighted by Gasteiger charge is 2.16. The van der Waals surface area contributed by atoms with E-state index >= 15 is 0 Å². The topological polar surface area (TPSA) is 12.0 Å². The van der Waals surface area contributed by atoms with Crippen molar-refractivity contribution in [2.75, 3.05) is 6.54 Å². The molecule has 1 aromatic carbocycles. The number of nitrogens with one attached hydrogen (secondary N) is 1. The number of hydrogen-bond donors (Lipinski definition) is 1. The number of thiophene rings is 1. The molecule has 102 valence electrons. The number of rotatable bonds is 5. The van der Waals surface area contributed by atoms with Crippen LogP contribution in [-0.2, 0) is 6.42 Å². The third kappa shape index (κ3) is 3.43. The molecule has 0 aliphatic rings. The van der Waals surface area contributed by atoms with E-state index in [4.69, 9.17) is 0 Å². The Morgan fingerprint density at radius 2 is 2.00 bits per heavy atom. The molecule has 0 aliphatic heterocycles. The van der Waals surface area contributed by atoms with E-state index in [1.54, 1.807) is 17.4 Å². The van der Waals surface area contributed by atoms with E-state index in [0.29, 0.717) is 6.42 Å². The van der Waals surface area contributed by atoms with Crippen molar-refractivity contribution in [3.8, 4) is 0 Å². The lowest BCUT2D eigenvalue weighted by atomic mass is 10.0. The number of benzene rings is 1. The van der Waals surface area contributed by atoms with Gasteiger partial charge in [-0.15, -0.1) is 11.3 Å². The predicted octanol–water partition coefficient (Wildman–Crippen LogP) is 4.40. The second kappa shape index (κ2) is 6.31. The number of hydrogen-bond acceptors (Lipinski definition) is 2. The van der Waals surface area contributed by atoms with Gasteiger partial charge in [-0.1, -0.05) is 25.1 Å². The molecule has 19 heavy (non-hydrogen) atoms. The predicted molar refractivity (Wildman–Crippen MR) is 80.3 cm³/mol. The zero-order chi connectivity index (χ0) is 13.8. The van der Waals surface area contributed by atoms with Gasteiger partial charge in [-0.2, -0.15) is 0 Å². The van der Waals surface area contributed by atoms with Crippen LogP contribution in [0.2, 0.25) is 0 Å². The zero-order valence-electron chi connectivity index (χ0n) is 11.7. The van der Waals surface area contributed by atoms with Crippen LogP contribution in [0.1, 0.15) is 33.8 Å². The van der Waals surface area contributed by atoms with E-state index in [0.717, 1.165) is 12.1 Å². The van der Waals surface area contributed by atoms with Crippen LogP contribution in [0.25, 0.3) is 0 Å². The summed E-state index contributed by atoms with van der Waals surface area (Å²) in [6.45, 7) is 7.23. The first-order chi connectivity index (χ1) is 9.11. The first kappa shape index (κ1) is 14.2. The van der Waals surface area contributed by atoms with E-state index in [1.807, 2.05) is 12.1 Å². The van der Waals surface area contributed by atoms with Gasteiger partial charge in [0.05, 0.1) is 0 Å². The first-order valence-electron chi connectivity index (χ1n) is 6.65. The molecule has 2 rings (SSSR count). The Morgan fingerprint density at radius 3 is 2.58 bits per heavy atom. The van der Waals surface area contributed by atoms with Gasteiger partial charge in [-0.05, 0) is 50.1 Å². The lowest BCUT2D eigenvalue weighted by Gasteiger charge is -2.17. The standard InChI is InChI=1S/C16H20FNS/c1-4-18-15(16-9-11(2)12(3)19-16)10-13-7-5-6-8-14(13)17/h5-9,15,18H,4,10H2,1-3H3. The first-order valence-corrected chi connectivity index (χ1v) is 7.47. The van der Waals surface area contributed by atoms with Crippen LogP contribution in [0.15, 0.2) is 30.3 Å². The normalized spacial score (nSPS) is 12.6. The minimum atomic E-state index is -0.115. The van der Waals surface area contributed by atoms with Gasteiger partial charge in [0, 0.05) is 15.8 Å². The molecule has 0 bridgehead atoms. The third-order valence-electron chi connectivity index (χ3n) is 3.36. The fourth-order valence-corrected chi connectivity index (χ4v) is 3.30. The van der Waals surface area contributed by atoms with E-state index in [9.17, 15) is 4.39 Å². The summed E-state index contributed by atoms with van der Waals surface area (Å²) < 4.78 is 13.8. The van der Waals surface area contributed by atoms with Crippen molar-refractivity contribution in [1.82, 2.24) is 5.32 Å². The largest absolute Gasteiger partial charge is 0.309 e. The maximum atomic E-state index is 13.8. The lowest BCUT2D eigenvalue weighted by molar-refractivity contribution is 0.534. The van der Waals surface area contributed by atoms with Gasteiger partial charge in [0.1, 0.15) is 5.82 Å². The van der Waals surface area contributed by atoms with E-state index in [2.05, 4.69) is 32.2 Å². The average molecular weight is 277 g/mol. The van der Waals surface area contributed by atoms with Gasteiger partial charge in [-0.25, -0.2) is 4.39 Å². The van der Waals surface area contributed by atoms with Crippen LogP contribution < -0.4 is 5.32 Å². The van der Waals surface area contributed by atoms with Crippen LogP contribution in [0.4, 0.5) is 4.39 Å². The van der Waals surface area contributed by atoms with Crippen molar-refractivity contribution in [3.63, 3.8) is 0 Å². The molecule has 0 saturated heterocycles. The zero-order valence-corrected chi connectivity index (χ0v) is 12.5. The summed E-state index contributed by atoms with van der Waals surface area (Å²) in [7, 11) is 0. The number of aryl methyl sites for hydroxylation is 2. The number of halogens is 1. The summed E-state index contributed by atoms with van der Waals surface area (Å²) >= 11 is 1.80. The average Bonchev–Trinajstić information content (AvgIpc) is 2.72. The van der Waals surface area contributed by atoms with E-state index in [1.165, 1.54) is 21.4 Å². The Balaban J connectivity index is 2.23. The van der Waals surface area contributed by atoms with Gasteiger partial charge in [-0.3, -0.25) is 0 Å². The minimum absolute atomic E-state index is 0.115. The second-order valence-corrected chi connectivity index (χ2v) is 6.08. The van der Waals surface area contributed by atoms with E-state index < -0.39 is 0 Å². The highest BCUT2D eigenvalue weighted by atomic mass is 32.1. The Bertz CT molecular complexity index is 528. The maximum absolute atomic E-state index is 13.8. The molecule has 2 aromatic rings. The van der Waals surface area contributed by atoms with Gasteiger partial charge in [0.2, 0.25) is 0 Å². The summed E-state index contributed by atoms with van der Waals surface area (Å²) in [6.07, 6.45) is 0.694. The number of likely N-dealkylation sites (N-methyl/N-ethyl adjacent to an activating group) is 1. The van der Waals surface area contributed by atoms with Crippen molar-refractivity contribution in [2.45, 2.75) is 33.2 Å². The molecular weight excluding hydrogens is 257 g/mol. The molecular formula is C16H20FNS. The van der Waals surface area contributed by atoms with Crippen LogP contribution in [-0.4, -0.2) is 6.54 Å². The fourth-order valence-electron chi connectivity index (χ4n) is 2.18. The van der Waals surface area contributed by atoms with Crippen molar-refractivity contribution in [1.29, 1.82) is 0 Å². The van der Waals surface area contributed by atoms with Crippen LogP contribution in [0.5, 0.6) is 0 Å². The molecule has 0 saturated carbocycles. The Labute approximate surface area is 118 Å².